The van der Waals surface area contributed by atoms with Crippen molar-refractivity contribution < 1.29 is 24.5 Å². The fraction of sp³-hybridized carbons (Fsp3) is 0.385. The molecule has 0 aromatic heterocycles. The number of aliphatic hydroxyl groups excluding tert-OH is 1. The molecule has 0 radical (unpaired) electrons. The average Bonchev–Trinajstić information content (AvgIpc) is 3.17. The van der Waals surface area contributed by atoms with Crippen molar-refractivity contribution in [2.24, 2.45) is 0 Å². The van der Waals surface area contributed by atoms with Crippen molar-refractivity contribution in [3.8, 4) is 0 Å². The van der Waals surface area contributed by atoms with Crippen molar-refractivity contribution in [1.82, 2.24) is 0 Å². The molecule has 2 N–H and O–H groups in total. The van der Waals surface area contributed by atoms with E-state index in [0.717, 1.165) is 11.1 Å². The summed E-state index contributed by atoms with van der Waals surface area (Å²) < 4.78 is 4.78. The van der Waals surface area contributed by atoms with E-state index < -0.39 is 18.2 Å². The number of carbonyl (C=O) groups excluding carboxylic acids is 1. The zero-order chi connectivity index (χ0) is 13.1. The van der Waals surface area contributed by atoms with Crippen molar-refractivity contribution in [3.05, 3.63) is 35.4 Å². The van der Waals surface area contributed by atoms with Crippen LogP contribution in [0.2, 0.25) is 0 Å². The Kier molecular flexibility index (Phi) is 3.74. The lowest BCUT2D eigenvalue weighted by Crippen LogP contribution is -2.16. The van der Waals surface area contributed by atoms with Gasteiger partial charge in [-0.1, -0.05) is 24.3 Å². The largest absolute Gasteiger partial charge is 0.479 e. The predicted octanol–water partition coefficient (Wildman–Crippen LogP) is 0.533. The maximum atomic E-state index is 11.6. The van der Waals surface area contributed by atoms with E-state index in [1.165, 1.54) is 0 Å². The van der Waals surface area contributed by atoms with Gasteiger partial charge in [-0.15, -0.1) is 0 Å². The fourth-order valence-corrected chi connectivity index (χ4v) is 1.77. The molecular weight excluding hydrogens is 236 g/mol. The van der Waals surface area contributed by atoms with Crippen LogP contribution in [0.25, 0.3) is 0 Å². The highest BCUT2D eigenvalue weighted by molar-refractivity contribution is 5.93. The number of Topliss-reactive ketones (excluding diaryl/α,β-unsaturated/α-hetero) is 1. The van der Waals surface area contributed by atoms with Crippen LogP contribution in [0.15, 0.2) is 24.3 Å². The smallest absolute Gasteiger partial charge is 0.336 e. The van der Waals surface area contributed by atoms with Gasteiger partial charge in [-0.05, 0) is 17.5 Å². The molecule has 1 aliphatic heterocycles. The standard InChI is InChI=1S/C13H14O5/c14-7-9-3-1-8(2-4-9)5-6-10(15)11-12(18-11)13(16)17/h1-4,11-12,14H,5-7H2,(H,16,17)/t11-,12+/m1/s1. The Morgan fingerprint density at radius 2 is 1.72 bits per heavy atom. The van der Waals surface area contributed by atoms with E-state index in [-0.39, 0.29) is 18.8 Å². The highest BCUT2D eigenvalue weighted by atomic mass is 16.6. The normalized spacial score (nSPS) is 21.6. The Bertz CT molecular complexity index is 451. The third-order valence-corrected chi connectivity index (χ3v) is 2.92. The first kappa shape index (κ1) is 12.7. The van der Waals surface area contributed by atoms with E-state index in [2.05, 4.69) is 0 Å². The first-order chi connectivity index (χ1) is 8.61. The second-order valence-corrected chi connectivity index (χ2v) is 4.26. The van der Waals surface area contributed by atoms with E-state index in [1.807, 2.05) is 12.1 Å². The maximum absolute atomic E-state index is 11.6. The summed E-state index contributed by atoms with van der Waals surface area (Å²) in [7, 11) is 0. The van der Waals surface area contributed by atoms with Crippen LogP contribution in [0.4, 0.5) is 0 Å². The number of aryl methyl sites for hydroxylation is 1. The minimum atomic E-state index is -1.08. The van der Waals surface area contributed by atoms with Gasteiger partial charge in [0.2, 0.25) is 0 Å². The Morgan fingerprint density at radius 3 is 2.22 bits per heavy atom. The topological polar surface area (TPSA) is 87.1 Å². The molecule has 2 rings (SSSR count). The number of aliphatic carboxylic acids is 1. The van der Waals surface area contributed by atoms with Gasteiger partial charge in [-0.2, -0.15) is 0 Å². The molecule has 5 heteroatoms. The van der Waals surface area contributed by atoms with Crippen molar-refractivity contribution in [3.63, 3.8) is 0 Å². The summed E-state index contributed by atoms with van der Waals surface area (Å²) in [6.07, 6.45) is -0.891. The second kappa shape index (κ2) is 5.29. The Balaban J connectivity index is 1.81. The summed E-state index contributed by atoms with van der Waals surface area (Å²) >= 11 is 0. The van der Waals surface area contributed by atoms with Crippen molar-refractivity contribution in [2.75, 3.05) is 0 Å². The molecule has 18 heavy (non-hydrogen) atoms. The maximum Gasteiger partial charge on any atom is 0.336 e. The number of rotatable bonds is 6. The van der Waals surface area contributed by atoms with Crippen molar-refractivity contribution in [2.45, 2.75) is 31.7 Å². The Morgan fingerprint density at radius 1 is 1.11 bits per heavy atom. The van der Waals surface area contributed by atoms with Crippen LogP contribution in [-0.4, -0.2) is 34.2 Å². The monoisotopic (exact) mass is 250 g/mol. The van der Waals surface area contributed by atoms with Crippen LogP contribution in [0.5, 0.6) is 0 Å². The van der Waals surface area contributed by atoms with E-state index in [4.69, 9.17) is 14.9 Å². The number of ether oxygens (including phenoxy) is 1. The Hall–Kier alpha value is -1.72. The number of epoxide rings is 1. The first-order valence-corrected chi connectivity index (χ1v) is 5.71. The highest BCUT2D eigenvalue weighted by Gasteiger charge is 2.49. The minimum absolute atomic E-state index is 0.00455. The van der Waals surface area contributed by atoms with Gasteiger partial charge in [0.1, 0.15) is 0 Å². The van der Waals surface area contributed by atoms with Gasteiger partial charge in [0, 0.05) is 6.42 Å². The van der Waals surface area contributed by atoms with Gasteiger partial charge in [-0.25, -0.2) is 4.79 Å². The van der Waals surface area contributed by atoms with Gasteiger partial charge in [0.05, 0.1) is 6.61 Å². The fourth-order valence-electron chi connectivity index (χ4n) is 1.77. The molecule has 0 amide bonds. The molecule has 5 nitrogen and oxygen atoms in total. The molecule has 1 aromatic rings. The predicted molar refractivity (Wildman–Crippen MR) is 62.0 cm³/mol. The molecular formula is C13H14O5. The molecule has 1 aromatic carbocycles. The molecule has 2 atom stereocenters. The number of carbonyl (C=O) groups is 2. The summed E-state index contributed by atoms with van der Waals surface area (Å²) in [6, 6.07) is 7.30. The van der Waals surface area contributed by atoms with Crippen LogP contribution in [0.3, 0.4) is 0 Å². The Labute approximate surface area is 104 Å². The SMILES string of the molecule is O=C(O)[C@H]1O[C@@H]1C(=O)CCc1ccc(CO)cc1. The van der Waals surface area contributed by atoms with Crippen LogP contribution < -0.4 is 0 Å². The number of hydrogen-bond acceptors (Lipinski definition) is 4. The molecule has 1 heterocycles. The highest BCUT2D eigenvalue weighted by Crippen LogP contribution is 2.24. The third-order valence-electron chi connectivity index (χ3n) is 2.92. The second-order valence-electron chi connectivity index (χ2n) is 4.26. The van der Waals surface area contributed by atoms with Crippen LogP contribution in [-0.2, 0) is 27.4 Å². The van der Waals surface area contributed by atoms with Crippen molar-refractivity contribution in [1.29, 1.82) is 0 Å². The van der Waals surface area contributed by atoms with Crippen LogP contribution in [0.1, 0.15) is 17.5 Å². The molecule has 1 aliphatic rings. The van der Waals surface area contributed by atoms with Gasteiger partial charge >= 0.3 is 5.97 Å². The molecule has 1 fully saturated rings. The lowest BCUT2D eigenvalue weighted by molar-refractivity contribution is -0.138. The van der Waals surface area contributed by atoms with Gasteiger partial charge < -0.3 is 14.9 Å². The molecule has 0 bridgehead atoms. The summed E-state index contributed by atoms with van der Waals surface area (Å²) in [4.78, 5) is 22.1. The molecule has 96 valence electrons. The molecule has 1 saturated heterocycles. The van der Waals surface area contributed by atoms with E-state index in [9.17, 15) is 9.59 Å². The average molecular weight is 250 g/mol. The number of carboxylic acid groups (broad SMARTS) is 1. The zero-order valence-electron chi connectivity index (χ0n) is 9.70. The van der Waals surface area contributed by atoms with Gasteiger partial charge in [-0.3, -0.25) is 4.79 Å². The number of ketones is 1. The van der Waals surface area contributed by atoms with Crippen molar-refractivity contribution >= 4 is 11.8 Å². The molecule has 0 spiro atoms. The molecule has 0 aliphatic carbocycles. The summed E-state index contributed by atoms with van der Waals surface area (Å²) in [5.74, 6) is -1.26. The van der Waals surface area contributed by atoms with E-state index in [0.29, 0.717) is 6.42 Å². The zero-order valence-corrected chi connectivity index (χ0v) is 9.70. The van der Waals surface area contributed by atoms with Crippen LogP contribution >= 0.6 is 0 Å². The minimum Gasteiger partial charge on any atom is -0.479 e. The molecule has 0 saturated carbocycles. The van der Waals surface area contributed by atoms with Crippen LogP contribution in [0, 0.1) is 0 Å². The van der Waals surface area contributed by atoms with Gasteiger partial charge in [0.15, 0.2) is 18.0 Å². The first-order valence-electron chi connectivity index (χ1n) is 5.71. The molecule has 0 unspecified atom stereocenters. The summed E-state index contributed by atoms with van der Waals surface area (Å²) in [5.41, 5.74) is 1.80. The quantitative estimate of drug-likeness (QED) is 0.719. The van der Waals surface area contributed by atoms with Gasteiger partial charge in [0.25, 0.3) is 0 Å². The number of aliphatic hydroxyl groups is 1. The van der Waals surface area contributed by atoms with E-state index in [1.54, 1.807) is 12.1 Å². The number of benzene rings is 1. The summed E-state index contributed by atoms with van der Waals surface area (Å²) in [6.45, 7) is -0.00455. The summed E-state index contributed by atoms with van der Waals surface area (Å²) in [5, 5.41) is 17.5. The number of carboxylic acids is 1. The third kappa shape index (κ3) is 2.94. The lowest BCUT2D eigenvalue weighted by Gasteiger charge is -2.01. The number of hydrogen-bond donors (Lipinski definition) is 2. The lowest BCUT2D eigenvalue weighted by atomic mass is 10.0. The van der Waals surface area contributed by atoms with E-state index >= 15 is 0 Å².